The second-order valence-electron chi connectivity index (χ2n) is 4.54. The van der Waals surface area contributed by atoms with Crippen molar-refractivity contribution in [2.24, 2.45) is 0 Å². The zero-order valence-corrected chi connectivity index (χ0v) is 12.5. The first-order valence-electron chi connectivity index (χ1n) is 6.70. The molecule has 0 heterocycles. The topological polar surface area (TPSA) is 84.9 Å². The zero-order chi connectivity index (χ0) is 15.9. The lowest BCUT2D eigenvalue weighted by Crippen LogP contribution is -2.64. The van der Waals surface area contributed by atoms with Crippen LogP contribution in [0.2, 0.25) is 0 Å². The number of ether oxygens (including phenoxy) is 2. The van der Waals surface area contributed by atoms with Gasteiger partial charge in [0.25, 0.3) is 5.91 Å². The zero-order valence-electron chi connectivity index (χ0n) is 12.5. The van der Waals surface area contributed by atoms with Crippen LogP contribution in [0.4, 0.5) is 0 Å². The number of nitrogens with one attached hydrogen (secondary N) is 1. The molecular formula is C15H21NO5. The smallest absolute Gasteiger partial charge is 0.336 e. The highest BCUT2D eigenvalue weighted by Gasteiger charge is 2.46. The maximum atomic E-state index is 12.3. The highest BCUT2D eigenvalue weighted by Crippen LogP contribution is 2.17. The number of rotatable bonds is 7. The fourth-order valence-electron chi connectivity index (χ4n) is 1.99. The van der Waals surface area contributed by atoms with Gasteiger partial charge in [-0.2, -0.15) is 0 Å². The number of carbonyl (C=O) groups excluding carboxylic acids is 2. The van der Waals surface area contributed by atoms with Gasteiger partial charge in [-0.15, -0.1) is 0 Å². The van der Waals surface area contributed by atoms with Gasteiger partial charge >= 0.3 is 5.97 Å². The first kappa shape index (κ1) is 17.1. The van der Waals surface area contributed by atoms with Crippen LogP contribution in [0.1, 0.15) is 24.2 Å². The van der Waals surface area contributed by atoms with Crippen molar-refractivity contribution in [1.82, 2.24) is 5.32 Å². The van der Waals surface area contributed by atoms with Crippen molar-refractivity contribution in [3.63, 3.8) is 0 Å². The summed E-state index contributed by atoms with van der Waals surface area (Å²) < 4.78 is 10.1. The third-order valence-electron chi connectivity index (χ3n) is 3.28. The lowest BCUT2D eigenvalue weighted by molar-refractivity contribution is -0.157. The summed E-state index contributed by atoms with van der Waals surface area (Å²) in [6.45, 7) is 3.07. The Hall–Kier alpha value is -1.92. The quantitative estimate of drug-likeness (QED) is 0.725. The average Bonchev–Trinajstić information content (AvgIpc) is 2.52. The van der Waals surface area contributed by atoms with Crippen molar-refractivity contribution in [1.29, 1.82) is 0 Å². The summed E-state index contributed by atoms with van der Waals surface area (Å²) in [4.78, 5) is 24.3. The van der Waals surface area contributed by atoms with E-state index in [4.69, 9.17) is 9.47 Å². The molecule has 0 fully saturated rings. The number of aliphatic hydroxyl groups is 1. The first-order valence-corrected chi connectivity index (χ1v) is 6.70. The number of esters is 1. The Balaban J connectivity index is 3.07. The number of methoxy groups -OCH3 is 1. The minimum Gasteiger partial charge on any atom is -0.467 e. The van der Waals surface area contributed by atoms with Gasteiger partial charge in [0.05, 0.1) is 19.8 Å². The minimum atomic E-state index is -1.64. The van der Waals surface area contributed by atoms with Crippen molar-refractivity contribution in [2.75, 3.05) is 20.3 Å². The van der Waals surface area contributed by atoms with E-state index in [1.165, 1.54) is 7.11 Å². The standard InChI is InChI=1S/C15H21NO5/c1-4-21-11(2)15(10-17,14(19)20-3)16-13(18)12-8-6-5-7-9-12/h5-9,11,17H,4,10H2,1-3H3,(H,16,18)/t11-,15-/m1/s1. The number of benzene rings is 1. The Morgan fingerprint density at radius 3 is 2.43 bits per heavy atom. The van der Waals surface area contributed by atoms with Crippen LogP contribution in [0, 0.1) is 0 Å². The van der Waals surface area contributed by atoms with Gasteiger partial charge in [0.2, 0.25) is 0 Å². The third-order valence-corrected chi connectivity index (χ3v) is 3.28. The van der Waals surface area contributed by atoms with Gasteiger partial charge in [-0.1, -0.05) is 18.2 Å². The van der Waals surface area contributed by atoms with E-state index in [0.717, 1.165) is 0 Å². The first-order chi connectivity index (χ1) is 10.0. The summed E-state index contributed by atoms with van der Waals surface area (Å²) in [6, 6.07) is 8.42. The van der Waals surface area contributed by atoms with Crippen LogP contribution in [-0.4, -0.2) is 48.9 Å². The monoisotopic (exact) mass is 295 g/mol. The number of hydrogen-bond donors (Lipinski definition) is 2. The van der Waals surface area contributed by atoms with Gasteiger partial charge < -0.3 is 19.9 Å². The normalized spacial score (nSPS) is 14.9. The lowest BCUT2D eigenvalue weighted by Gasteiger charge is -2.35. The van der Waals surface area contributed by atoms with Crippen LogP contribution in [-0.2, 0) is 14.3 Å². The van der Waals surface area contributed by atoms with Crippen LogP contribution in [0.25, 0.3) is 0 Å². The largest absolute Gasteiger partial charge is 0.467 e. The van der Waals surface area contributed by atoms with Gasteiger partial charge in [0.15, 0.2) is 5.54 Å². The van der Waals surface area contributed by atoms with Crippen molar-refractivity contribution >= 4 is 11.9 Å². The van der Waals surface area contributed by atoms with E-state index >= 15 is 0 Å². The average molecular weight is 295 g/mol. The maximum absolute atomic E-state index is 12.3. The molecule has 1 aromatic rings. The summed E-state index contributed by atoms with van der Waals surface area (Å²) in [6.07, 6.45) is -0.743. The fraction of sp³-hybridized carbons (Fsp3) is 0.467. The van der Waals surface area contributed by atoms with E-state index in [-0.39, 0.29) is 0 Å². The highest BCUT2D eigenvalue weighted by molar-refractivity contribution is 5.98. The Morgan fingerprint density at radius 2 is 1.95 bits per heavy atom. The van der Waals surface area contributed by atoms with E-state index in [9.17, 15) is 14.7 Å². The van der Waals surface area contributed by atoms with Gasteiger partial charge in [-0.3, -0.25) is 4.79 Å². The molecule has 21 heavy (non-hydrogen) atoms. The molecule has 6 nitrogen and oxygen atoms in total. The third kappa shape index (κ3) is 3.80. The van der Waals surface area contributed by atoms with E-state index in [0.29, 0.717) is 12.2 Å². The van der Waals surface area contributed by atoms with Gasteiger partial charge in [-0.05, 0) is 26.0 Å². The van der Waals surface area contributed by atoms with Gasteiger partial charge in [-0.25, -0.2) is 4.79 Å². The van der Waals surface area contributed by atoms with Crippen LogP contribution < -0.4 is 5.32 Å². The van der Waals surface area contributed by atoms with Crippen LogP contribution >= 0.6 is 0 Å². The van der Waals surface area contributed by atoms with Crippen LogP contribution in [0.15, 0.2) is 30.3 Å². The molecule has 1 rings (SSSR count). The molecule has 2 N–H and O–H groups in total. The molecule has 6 heteroatoms. The second-order valence-corrected chi connectivity index (χ2v) is 4.54. The fourth-order valence-corrected chi connectivity index (χ4v) is 1.99. The number of hydrogen-bond acceptors (Lipinski definition) is 5. The Morgan fingerprint density at radius 1 is 1.33 bits per heavy atom. The van der Waals surface area contributed by atoms with Gasteiger partial charge in [0, 0.05) is 12.2 Å². The van der Waals surface area contributed by atoms with Crippen molar-refractivity contribution < 1.29 is 24.2 Å². The molecule has 0 spiro atoms. The molecule has 0 aliphatic heterocycles. The SMILES string of the molecule is CCO[C@H](C)[C@@](CO)(NC(=O)c1ccccc1)C(=O)OC. The molecule has 2 atom stereocenters. The molecule has 1 aromatic carbocycles. The van der Waals surface area contributed by atoms with Crippen molar-refractivity contribution in [3.8, 4) is 0 Å². The Kier molecular flexibility index (Phi) is 6.33. The van der Waals surface area contributed by atoms with E-state index in [1.54, 1.807) is 44.2 Å². The molecule has 1 amide bonds. The molecule has 0 bridgehead atoms. The molecule has 0 aliphatic rings. The number of carbonyl (C=O) groups is 2. The predicted molar refractivity (Wildman–Crippen MR) is 76.8 cm³/mol. The summed E-state index contributed by atoms with van der Waals surface area (Å²) in [5.74, 6) is -1.24. The van der Waals surface area contributed by atoms with E-state index in [2.05, 4.69) is 5.32 Å². The molecular weight excluding hydrogens is 274 g/mol. The Labute approximate surface area is 124 Å². The molecule has 116 valence electrons. The maximum Gasteiger partial charge on any atom is 0.336 e. The summed E-state index contributed by atoms with van der Waals surface area (Å²) in [5, 5.41) is 12.2. The van der Waals surface area contributed by atoms with Gasteiger partial charge in [0.1, 0.15) is 0 Å². The van der Waals surface area contributed by atoms with Crippen LogP contribution in [0.5, 0.6) is 0 Å². The molecule has 0 radical (unpaired) electrons. The number of aliphatic hydroxyl groups excluding tert-OH is 1. The van der Waals surface area contributed by atoms with Crippen molar-refractivity contribution in [3.05, 3.63) is 35.9 Å². The second kappa shape index (κ2) is 7.75. The summed E-state index contributed by atoms with van der Waals surface area (Å²) in [7, 11) is 1.19. The molecule has 0 aliphatic carbocycles. The summed E-state index contributed by atoms with van der Waals surface area (Å²) in [5.41, 5.74) is -1.26. The lowest BCUT2D eigenvalue weighted by atomic mass is 9.93. The molecule has 0 unspecified atom stereocenters. The summed E-state index contributed by atoms with van der Waals surface area (Å²) >= 11 is 0. The molecule has 0 saturated carbocycles. The van der Waals surface area contributed by atoms with Crippen LogP contribution in [0.3, 0.4) is 0 Å². The van der Waals surface area contributed by atoms with Crippen molar-refractivity contribution in [2.45, 2.75) is 25.5 Å². The van der Waals surface area contributed by atoms with E-state index < -0.39 is 30.1 Å². The Bertz CT molecular complexity index is 476. The molecule has 0 aromatic heterocycles. The highest BCUT2D eigenvalue weighted by atomic mass is 16.5. The minimum absolute atomic E-state index is 0.334. The predicted octanol–water partition coefficient (Wildman–Crippen LogP) is 0.745. The van der Waals surface area contributed by atoms with E-state index in [1.807, 2.05) is 0 Å². The molecule has 0 saturated heterocycles. The number of amides is 1.